The smallest absolute Gasteiger partial charge is 0.257 e. The Morgan fingerprint density at radius 3 is 2.32 bits per heavy atom. The van der Waals surface area contributed by atoms with Gasteiger partial charge < -0.3 is 9.64 Å². The van der Waals surface area contributed by atoms with Gasteiger partial charge in [-0.15, -0.1) is 0 Å². The summed E-state index contributed by atoms with van der Waals surface area (Å²) in [5.41, 5.74) is 3.45. The number of carbonyl (C=O) groups is 1. The molecule has 0 atom stereocenters. The van der Waals surface area contributed by atoms with Crippen molar-refractivity contribution in [1.29, 1.82) is 0 Å². The van der Waals surface area contributed by atoms with Crippen molar-refractivity contribution < 1.29 is 13.9 Å². The van der Waals surface area contributed by atoms with Crippen molar-refractivity contribution in [2.24, 2.45) is 0 Å². The number of amides is 1. The molecule has 2 aromatic carbocycles. The topological polar surface area (TPSA) is 50.6 Å². The first-order valence-electron chi connectivity index (χ1n) is 10.6. The zero-order valence-electron chi connectivity index (χ0n) is 17.9. The lowest BCUT2D eigenvalue weighted by Gasteiger charge is -2.34. The Labute approximate surface area is 181 Å². The van der Waals surface area contributed by atoms with Crippen LogP contribution in [0.5, 0.6) is 5.75 Å². The van der Waals surface area contributed by atoms with Crippen molar-refractivity contribution in [3.8, 4) is 11.4 Å². The predicted octanol–water partition coefficient (Wildman–Crippen LogP) is 3.54. The highest BCUT2D eigenvalue weighted by Gasteiger charge is 2.26. The normalized spacial score (nSPS) is 14.6. The van der Waals surface area contributed by atoms with E-state index in [9.17, 15) is 9.18 Å². The van der Waals surface area contributed by atoms with Crippen LogP contribution in [0.3, 0.4) is 0 Å². The zero-order chi connectivity index (χ0) is 21.8. The number of hydrogen-bond donors (Lipinski definition) is 0. The number of benzene rings is 2. The van der Waals surface area contributed by atoms with Crippen molar-refractivity contribution in [3.63, 3.8) is 0 Å². The van der Waals surface area contributed by atoms with Crippen molar-refractivity contribution in [3.05, 3.63) is 77.4 Å². The third-order valence-corrected chi connectivity index (χ3v) is 5.73. The van der Waals surface area contributed by atoms with E-state index in [2.05, 4.69) is 22.1 Å². The van der Waals surface area contributed by atoms with Gasteiger partial charge in [-0.2, -0.15) is 5.10 Å². The zero-order valence-corrected chi connectivity index (χ0v) is 17.9. The van der Waals surface area contributed by atoms with E-state index in [0.29, 0.717) is 25.1 Å². The number of aromatic nitrogens is 2. The average Bonchev–Trinajstić information content (AvgIpc) is 3.24. The van der Waals surface area contributed by atoms with Gasteiger partial charge in [0.05, 0.1) is 30.3 Å². The second-order valence-corrected chi connectivity index (χ2v) is 7.66. The lowest BCUT2D eigenvalue weighted by atomic mass is 10.1. The van der Waals surface area contributed by atoms with Crippen molar-refractivity contribution in [2.45, 2.75) is 19.9 Å². The summed E-state index contributed by atoms with van der Waals surface area (Å²) in [5.74, 6) is 0.569. The molecule has 0 bridgehead atoms. The molecule has 0 unspecified atom stereocenters. The van der Waals surface area contributed by atoms with Crippen LogP contribution in [0.15, 0.2) is 54.7 Å². The van der Waals surface area contributed by atoms with Crippen LogP contribution in [0.25, 0.3) is 5.69 Å². The number of methoxy groups -OCH3 is 1. The Kier molecular flexibility index (Phi) is 6.32. The van der Waals surface area contributed by atoms with Crippen LogP contribution in [0.2, 0.25) is 0 Å². The predicted molar refractivity (Wildman–Crippen MR) is 117 cm³/mol. The highest BCUT2D eigenvalue weighted by atomic mass is 19.1. The second kappa shape index (κ2) is 9.31. The second-order valence-electron chi connectivity index (χ2n) is 7.66. The Morgan fingerprint density at radius 1 is 1.03 bits per heavy atom. The number of ether oxygens (including phenoxy) is 1. The maximum absolute atomic E-state index is 13.3. The molecule has 7 heteroatoms. The monoisotopic (exact) mass is 422 g/mol. The van der Waals surface area contributed by atoms with E-state index in [1.807, 2.05) is 24.0 Å². The van der Waals surface area contributed by atoms with Gasteiger partial charge in [0.15, 0.2) is 0 Å². The first kappa shape index (κ1) is 21.1. The third kappa shape index (κ3) is 4.61. The van der Waals surface area contributed by atoms with E-state index < -0.39 is 0 Å². The van der Waals surface area contributed by atoms with Gasteiger partial charge in [-0.3, -0.25) is 9.69 Å². The molecule has 0 N–H and O–H groups in total. The number of rotatable bonds is 6. The van der Waals surface area contributed by atoms with Crippen molar-refractivity contribution in [1.82, 2.24) is 19.6 Å². The molecule has 3 aromatic rings. The third-order valence-electron chi connectivity index (χ3n) is 5.73. The quantitative estimate of drug-likeness (QED) is 0.610. The fourth-order valence-electron chi connectivity index (χ4n) is 3.97. The summed E-state index contributed by atoms with van der Waals surface area (Å²) >= 11 is 0. The van der Waals surface area contributed by atoms with Crippen LogP contribution in [-0.2, 0) is 13.0 Å². The largest absolute Gasteiger partial charge is 0.497 e. The molecule has 0 aliphatic carbocycles. The molecule has 162 valence electrons. The highest BCUT2D eigenvalue weighted by Crippen LogP contribution is 2.20. The Balaban J connectivity index is 1.41. The molecule has 1 amide bonds. The molecule has 1 fully saturated rings. The summed E-state index contributed by atoms with van der Waals surface area (Å²) in [6.07, 6.45) is 2.30. The summed E-state index contributed by atoms with van der Waals surface area (Å²) in [4.78, 5) is 17.4. The minimum atomic E-state index is -0.294. The van der Waals surface area contributed by atoms with Gasteiger partial charge in [0.1, 0.15) is 11.6 Å². The minimum absolute atomic E-state index is 0.00862. The number of carbonyl (C=O) groups excluding carboxylic acids is 1. The van der Waals surface area contributed by atoms with E-state index in [1.54, 1.807) is 30.1 Å². The summed E-state index contributed by atoms with van der Waals surface area (Å²) < 4.78 is 20.2. The highest BCUT2D eigenvalue weighted by molar-refractivity contribution is 5.95. The fraction of sp³-hybridized carbons (Fsp3) is 0.333. The van der Waals surface area contributed by atoms with E-state index in [1.165, 1.54) is 17.7 Å². The standard InChI is InChI=1S/C24H27FN4O2/c1-3-23-22(16-26-29(23)20-8-6-19(25)7-9-20)24(30)28-14-12-27(13-15-28)17-18-4-10-21(31-2)11-5-18/h4-11,16H,3,12-15,17H2,1-2H3. The molecule has 31 heavy (non-hydrogen) atoms. The van der Waals surface area contributed by atoms with Gasteiger partial charge in [-0.25, -0.2) is 9.07 Å². The number of halogens is 1. The van der Waals surface area contributed by atoms with Gasteiger partial charge in [-0.1, -0.05) is 19.1 Å². The van der Waals surface area contributed by atoms with Gasteiger partial charge in [-0.05, 0) is 48.4 Å². The van der Waals surface area contributed by atoms with E-state index in [4.69, 9.17) is 4.74 Å². The molecule has 1 saturated heterocycles. The van der Waals surface area contributed by atoms with Crippen molar-refractivity contribution in [2.75, 3.05) is 33.3 Å². The van der Waals surface area contributed by atoms with E-state index in [-0.39, 0.29) is 11.7 Å². The lowest BCUT2D eigenvalue weighted by molar-refractivity contribution is 0.0627. The Bertz CT molecular complexity index is 1020. The first-order chi connectivity index (χ1) is 15.1. The number of hydrogen-bond acceptors (Lipinski definition) is 4. The molecule has 0 spiro atoms. The maximum atomic E-state index is 13.3. The lowest BCUT2D eigenvalue weighted by Crippen LogP contribution is -2.48. The first-order valence-corrected chi connectivity index (χ1v) is 10.6. The average molecular weight is 423 g/mol. The van der Waals surface area contributed by atoms with Crippen LogP contribution in [-0.4, -0.2) is 58.8 Å². The van der Waals surface area contributed by atoms with Crippen LogP contribution in [0.4, 0.5) is 4.39 Å². The molecule has 0 radical (unpaired) electrons. The summed E-state index contributed by atoms with van der Waals surface area (Å²) in [5, 5.41) is 4.41. The van der Waals surface area contributed by atoms with E-state index >= 15 is 0 Å². The molecule has 6 nitrogen and oxygen atoms in total. The molecule has 1 aliphatic heterocycles. The van der Waals surface area contributed by atoms with Gasteiger partial charge in [0.2, 0.25) is 0 Å². The molecule has 1 aromatic heterocycles. The number of nitrogens with zero attached hydrogens (tertiary/aromatic N) is 4. The Morgan fingerprint density at radius 2 is 1.71 bits per heavy atom. The summed E-state index contributed by atoms with van der Waals surface area (Å²) in [7, 11) is 1.67. The SMILES string of the molecule is CCc1c(C(=O)N2CCN(Cc3ccc(OC)cc3)CC2)cnn1-c1ccc(F)cc1. The molecule has 1 aliphatic rings. The van der Waals surface area contributed by atoms with Crippen LogP contribution in [0.1, 0.15) is 28.5 Å². The van der Waals surface area contributed by atoms with Gasteiger partial charge >= 0.3 is 0 Å². The van der Waals surface area contributed by atoms with Crippen LogP contribution < -0.4 is 4.74 Å². The number of piperazine rings is 1. The van der Waals surface area contributed by atoms with Gasteiger partial charge in [0, 0.05) is 32.7 Å². The molecule has 0 saturated carbocycles. The molecule has 4 rings (SSSR count). The maximum Gasteiger partial charge on any atom is 0.257 e. The fourth-order valence-corrected chi connectivity index (χ4v) is 3.97. The van der Waals surface area contributed by atoms with Gasteiger partial charge in [0.25, 0.3) is 5.91 Å². The molecular formula is C24H27FN4O2. The van der Waals surface area contributed by atoms with Crippen molar-refractivity contribution >= 4 is 5.91 Å². The Hall–Kier alpha value is -3.19. The molecule has 2 heterocycles. The molecular weight excluding hydrogens is 395 g/mol. The van der Waals surface area contributed by atoms with E-state index in [0.717, 1.165) is 36.8 Å². The summed E-state index contributed by atoms with van der Waals surface area (Å²) in [6.45, 7) is 5.87. The minimum Gasteiger partial charge on any atom is -0.497 e. The van der Waals surface area contributed by atoms with Crippen LogP contribution in [0, 0.1) is 5.82 Å². The summed E-state index contributed by atoms with van der Waals surface area (Å²) in [6, 6.07) is 14.3. The van der Waals surface area contributed by atoms with Crippen LogP contribution >= 0.6 is 0 Å².